The Morgan fingerprint density at radius 1 is 1.19 bits per heavy atom. The Morgan fingerprint density at radius 3 is 2.56 bits per heavy atom. The molecular formula is C27H36N2O3. The normalized spacial score (nSPS) is 21.9. The fourth-order valence-corrected chi connectivity index (χ4v) is 3.92. The van der Waals surface area contributed by atoms with Crippen molar-refractivity contribution in [3.8, 4) is 0 Å². The topological polar surface area (TPSA) is 51.7 Å². The standard InChI is InChI=1S/C27H36N2O3/c1-7-8-14-21-15-16-22(23(28-21)17-18-24(30)32-27(3,4)5)26-29(6)19(2)25(31-26)20-12-10-9-11-13-20/h9-13,15-19,25-26H,7-8,14H2,1-6H3/b18-17-/t19-,25+,26?/m0/s1. The lowest BCUT2D eigenvalue weighted by atomic mass is 10.0. The van der Waals surface area contributed by atoms with Crippen molar-refractivity contribution in [2.24, 2.45) is 0 Å². The van der Waals surface area contributed by atoms with Gasteiger partial charge in [-0.1, -0.05) is 49.7 Å². The van der Waals surface area contributed by atoms with Crippen molar-refractivity contribution in [1.29, 1.82) is 0 Å². The van der Waals surface area contributed by atoms with Gasteiger partial charge < -0.3 is 9.47 Å². The summed E-state index contributed by atoms with van der Waals surface area (Å²) in [6.07, 6.45) is 6.04. The minimum Gasteiger partial charge on any atom is -0.457 e. The van der Waals surface area contributed by atoms with E-state index in [0.717, 1.165) is 41.8 Å². The first kappa shape index (κ1) is 24.1. The molecule has 0 bridgehead atoms. The molecule has 1 unspecified atom stereocenters. The van der Waals surface area contributed by atoms with Crippen LogP contribution in [-0.4, -0.2) is 34.5 Å². The monoisotopic (exact) mass is 436 g/mol. The Kier molecular flexibility index (Phi) is 7.86. The van der Waals surface area contributed by atoms with E-state index >= 15 is 0 Å². The highest BCUT2D eigenvalue weighted by molar-refractivity contribution is 5.87. The van der Waals surface area contributed by atoms with Gasteiger partial charge in [-0.3, -0.25) is 9.88 Å². The number of unbranched alkanes of at least 4 members (excludes halogenated alkanes) is 1. The van der Waals surface area contributed by atoms with E-state index in [2.05, 4.69) is 50.1 Å². The Morgan fingerprint density at radius 2 is 1.91 bits per heavy atom. The molecule has 2 aromatic rings. The second-order valence-corrected chi connectivity index (χ2v) is 9.47. The number of carbonyl (C=O) groups is 1. The number of aryl methyl sites for hydroxylation is 1. The largest absolute Gasteiger partial charge is 0.457 e. The molecule has 0 N–H and O–H groups in total. The van der Waals surface area contributed by atoms with Crippen LogP contribution < -0.4 is 0 Å². The molecule has 1 aromatic carbocycles. The minimum atomic E-state index is -0.534. The zero-order valence-corrected chi connectivity index (χ0v) is 20.2. The van der Waals surface area contributed by atoms with Crippen molar-refractivity contribution in [3.05, 3.63) is 71.1 Å². The van der Waals surface area contributed by atoms with Gasteiger partial charge in [-0.2, -0.15) is 0 Å². The summed E-state index contributed by atoms with van der Waals surface area (Å²) in [4.78, 5) is 19.4. The second-order valence-electron chi connectivity index (χ2n) is 9.47. The summed E-state index contributed by atoms with van der Waals surface area (Å²) >= 11 is 0. The van der Waals surface area contributed by atoms with E-state index in [1.54, 1.807) is 6.08 Å². The molecule has 0 radical (unpaired) electrons. The van der Waals surface area contributed by atoms with Crippen LogP contribution in [0.3, 0.4) is 0 Å². The van der Waals surface area contributed by atoms with Crippen molar-refractivity contribution in [1.82, 2.24) is 9.88 Å². The molecule has 0 saturated carbocycles. The van der Waals surface area contributed by atoms with Crippen LogP contribution in [0.4, 0.5) is 0 Å². The second kappa shape index (κ2) is 10.4. The Hall–Kier alpha value is -2.50. The van der Waals surface area contributed by atoms with Crippen molar-refractivity contribution < 1.29 is 14.3 Å². The lowest BCUT2D eigenvalue weighted by Gasteiger charge is -2.23. The van der Waals surface area contributed by atoms with Crippen LogP contribution in [0.15, 0.2) is 48.5 Å². The number of carbonyl (C=O) groups excluding carboxylic acids is 1. The van der Waals surface area contributed by atoms with E-state index in [4.69, 9.17) is 14.5 Å². The first-order chi connectivity index (χ1) is 15.2. The Labute approximate surface area is 192 Å². The number of likely N-dealkylation sites (N-methyl/N-ethyl adjacent to an activating group) is 1. The van der Waals surface area contributed by atoms with Crippen molar-refractivity contribution in [2.75, 3.05) is 7.05 Å². The summed E-state index contributed by atoms with van der Waals surface area (Å²) in [6, 6.07) is 14.7. The summed E-state index contributed by atoms with van der Waals surface area (Å²) in [6.45, 7) is 9.93. The predicted octanol–water partition coefficient (Wildman–Crippen LogP) is 5.87. The number of hydrogen-bond donors (Lipinski definition) is 0. The van der Waals surface area contributed by atoms with Crippen LogP contribution in [0.2, 0.25) is 0 Å². The number of pyridine rings is 1. The van der Waals surface area contributed by atoms with E-state index in [1.165, 1.54) is 6.08 Å². The fraction of sp³-hybridized carbons (Fsp3) is 0.481. The molecule has 32 heavy (non-hydrogen) atoms. The van der Waals surface area contributed by atoms with Gasteiger partial charge in [0, 0.05) is 23.4 Å². The van der Waals surface area contributed by atoms with Crippen LogP contribution in [0, 0.1) is 0 Å². The SMILES string of the molecule is CCCCc1ccc(C2O[C@@H](c3ccccc3)[C@H](C)N2C)c(/C=C\C(=O)OC(C)(C)C)n1. The molecule has 5 heteroatoms. The number of aromatic nitrogens is 1. The fourth-order valence-electron chi connectivity index (χ4n) is 3.92. The summed E-state index contributed by atoms with van der Waals surface area (Å²) in [5.41, 5.74) is 3.36. The molecule has 2 heterocycles. The van der Waals surface area contributed by atoms with Crippen molar-refractivity contribution in [2.45, 2.75) is 77.9 Å². The molecular weight excluding hydrogens is 400 g/mol. The molecule has 1 aromatic heterocycles. The van der Waals surface area contributed by atoms with E-state index in [1.807, 2.05) is 39.0 Å². The number of ether oxygens (including phenoxy) is 2. The minimum absolute atomic E-state index is 0.0337. The third kappa shape index (κ3) is 6.05. The van der Waals surface area contributed by atoms with Crippen LogP contribution in [-0.2, 0) is 20.7 Å². The number of rotatable bonds is 7. The lowest BCUT2D eigenvalue weighted by Crippen LogP contribution is -2.27. The first-order valence-corrected chi connectivity index (χ1v) is 11.5. The first-order valence-electron chi connectivity index (χ1n) is 11.5. The summed E-state index contributed by atoms with van der Waals surface area (Å²) in [5, 5.41) is 0. The van der Waals surface area contributed by atoms with E-state index < -0.39 is 5.60 Å². The van der Waals surface area contributed by atoms with Gasteiger partial charge >= 0.3 is 5.97 Å². The molecule has 0 amide bonds. The van der Waals surface area contributed by atoms with Crippen LogP contribution in [0.5, 0.6) is 0 Å². The van der Waals surface area contributed by atoms with Crippen LogP contribution >= 0.6 is 0 Å². The van der Waals surface area contributed by atoms with Crippen molar-refractivity contribution >= 4 is 12.0 Å². The zero-order chi connectivity index (χ0) is 23.3. The highest BCUT2D eigenvalue weighted by Gasteiger charge is 2.39. The van der Waals surface area contributed by atoms with Gasteiger partial charge in [0.2, 0.25) is 0 Å². The molecule has 3 atom stereocenters. The predicted molar refractivity (Wildman–Crippen MR) is 128 cm³/mol. The lowest BCUT2D eigenvalue weighted by molar-refractivity contribution is -0.148. The highest BCUT2D eigenvalue weighted by atomic mass is 16.6. The van der Waals surface area contributed by atoms with Crippen LogP contribution in [0.1, 0.15) is 82.3 Å². The average molecular weight is 437 g/mol. The molecule has 1 fully saturated rings. The third-order valence-corrected chi connectivity index (χ3v) is 5.71. The van der Waals surface area contributed by atoms with Crippen molar-refractivity contribution in [3.63, 3.8) is 0 Å². The molecule has 0 spiro atoms. The maximum Gasteiger partial charge on any atom is 0.331 e. The van der Waals surface area contributed by atoms with Gasteiger partial charge in [0.05, 0.1) is 5.69 Å². The zero-order valence-electron chi connectivity index (χ0n) is 20.2. The maximum absolute atomic E-state index is 12.3. The molecule has 1 aliphatic heterocycles. The van der Waals surface area contributed by atoms with E-state index in [9.17, 15) is 4.79 Å². The Bertz CT molecular complexity index is 934. The quantitative estimate of drug-likeness (QED) is 0.401. The number of nitrogens with zero attached hydrogens (tertiary/aromatic N) is 2. The number of benzene rings is 1. The number of esters is 1. The molecule has 1 aliphatic rings. The highest BCUT2D eigenvalue weighted by Crippen LogP contribution is 2.42. The number of hydrogen-bond acceptors (Lipinski definition) is 5. The van der Waals surface area contributed by atoms with E-state index in [-0.39, 0.29) is 24.3 Å². The smallest absolute Gasteiger partial charge is 0.331 e. The van der Waals surface area contributed by atoms with Gasteiger partial charge in [0.1, 0.15) is 17.9 Å². The molecule has 3 rings (SSSR count). The maximum atomic E-state index is 12.3. The molecule has 172 valence electrons. The van der Waals surface area contributed by atoms with E-state index in [0.29, 0.717) is 0 Å². The molecule has 0 aliphatic carbocycles. The third-order valence-electron chi connectivity index (χ3n) is 5.71. The van der Waals surface area contributed by atoms with Gasteiger partial charge in [0.15, 0.2) is 0 Å². The summed E-state index contributed by atoms with van der Waals surface area (Å²) < 4.78 is 12.0. The molecule has 1 saturated heterocycles. The summed E-state index contributed by atoms with van der Waals surface area (Å²) in [5.74, 6) is -0.375. The van der Waals surface area contributed by atoms with Gasteiger partial charge in [-0.05, 0) is 65.3 Å². The summed E-state index contributed by atoms with van der Waals surface area (Å²) in [7, 11) is 2.07. The van der Waals surface area contributed by atoms with Gasteiger partial charge in [-0.25, -0.2) is 4.79 Å². The Balaban J connectivity index is 1.91. The molecule has 5 nitrogen and oxygen atoms in total. The average Bonchev–Trinajstić information content (AvgIpc) is 3.05. The van der Waals surface area contributed by atoms with Gasteiger partial charge in [0.25, 0.3) is 0 Å². The van der Waals surface area contributed by atoms with Crippen LogP contribution in [0.25, 0.3) is 6.08 Å². The van der Waals surface area contributed by atoms with Gasteiger partial charge in [-0.15, -0.1) is 0 Å².